The molecule has 1 aromatic rings. The number of unbranched alkanes of at least 4 members (excludes halogenated alkanes) is 14. The number of benzene rings is 1. The summed E-state index contributed by atoms with van der Waals surface area (Å²) in [5.41, 5.74) is 0.852. The summed E-state index contributed by atoms with van der Waals surface area (Å²) in [5, 5.41) is 6.22. The molecule has 0 aliphatic carbocycles. The molecule has 2 N–H and O–H groups in total. The maximum absolute atomic E-state index is 12.1. The number of rotatable bonds is 20. The molecule has 0 aliphatic heterocycles. The topological polar surface area (TPSA) is 50.4 Å². The van der Waals surface area contributed by atoms with Crippen molar-refractivity contribution in [1.29, 1.82) is 0 Å². The lowest BCUT2D eigenvalue weighted by molar-refractivity contribution is -0.119. The van der Waals surface area contributed by atoms with E-state index in [0.29, 0.717) is 11.5 Å². The number of amides is 1. The minimum atomic E-state index is -0.00792. The fourth-order valence-corrected chi connectivity index (χ4v) is 4.06. The highest BCUT2D eigenvalue weighted by atomic mass is 32.1. The van der Waals surface area contributed by atoms with Gasteiger partial charge in [-0.25, -0.2) is 0 Å². The van der Waals surface area contributed by atoms with Crippen molar-refractivity contribution in [3.63, 3.8) is 0 Å². The molecular formula is C28H48N2O2S. The Morgan fingerprint density at radius 1 is 0.727 bits per heavy atom. The Labute approximate surface area is 208 Å². The zero-order valence-corrected chi connectivity index (χ0v) is 22.1. The van der Waals surface area contributed by atoms with E-state index in [9.17, 15) is 4.79 Å². The van der Waals surface area contributed by atoms with Crippen molar-refractivity contribution in [2.24, 2.45) is 0 Å². The molecule has 0 unspecified atom stereocenters. The van der Waals surface area contributed by atoms with Crippen LogP contribution in [0.3, 0.4) is 0 Å². The van der Waals surface area contributed by atoms with Crippen LogP contribution in [0.2, 0.25) is 0 Å². The average molecular weight is 477 g/mol. The molecule has 0 aromatic heterocycles. The lowest BCUT2D eigenvalue weighted by Gasteiger charge is -2.11. The van der Waals surface area contributed by atoms with Crippen molar-refractivity contribution < 1.29 is 9.53 Å². The van der Waals surface area contributed by atoms with Crippen molar-refractivity contribution in [2.75, 3.05) is 11.9 Å². The smallest absolute Gasteiger partial charge is 0.226 e. The number of thiocarbonyl (C=S) groups is 1. The van der Waals surface area contributed by atoms with Gasteiger partial charge in [-0.1, -0.05) is 104 Å². The summed E-state index contributed by atoms with van der Waals surface area (Å²) in [6.45, 7) is 5.24. The highest BCUT2D eigenvalue weighted by Crippen LogP contribution is 2.16. The highest BCUT2D eigenvalue weighted by Gasteiger charge is 2.05. The fraction of sp³-hybridized carbons (Fsp3) is 0.714. The summed E-state index contributed by atoms with van der Waals surface area (Å²) in [6.07, 6.45) is 20.8. The van der Waals surface area contributed by atoms with Crippen LogP contribution < -0.4 is 15.4 Å². The van der Waals surface area contributed by atoms with E-state index in [1.807, 2.05) is 24.3 Å². The van der Waals surface area contributed by atoms with Gasteiger partial charge in [-0.2, -0.15) is 0 Å². The first-order valence-corrected chi connectivity index (χ1v) is 13.9. The SMILES string of the molecule is CCCCCCCCCCCCCC(=O)NC(=S)Nc1ccc(OCCCCCCC)cc1. The molecule has 0 radical (unpaired) electrons. The molecule has 0 saturated carbocycles. The molecule has 33 heavy (non-hydrogen) atoms. The Morgan fingerprint density at radius 2 is 1.21 bits per heavy atom. The van der Waals surface area contributed by atoms with Gasteiger partial charge in [0.25, 0.3) is 0 Å². The van der Waals surface area contributed by atoms with E-state index in [2.05, 4.69) is 24.5 Å². The van der Waals surface area contributed by atoms with E-state index in [1.165, 1.54) is 83.5 Å². The van der Waals surface area contributed by atoms with Crippen LogP contribution in [0.4, 0.5) is 5.69 Å². The third-order valence-electron chi connectivity index (χ3n) is 5.89. The average Bonchev–Trinajstić information content (AvgIpc) is 2.80. The van der Waals surface area contributed by atoms with Crippen LogP contribution in [0.25, 0.3) is 0 Å². The first kappa shape index (κ1) is 29.4. The molecule has 4 nitrogen and oxygen atoms in total. The van der Waals surface area contributed by atoms with Crippen LogP contribution in [0.15, 0.2) is 24.3 Å². The largest absolute Gasteiger partial charge is 0.494 e. The molecule has 0 bridgehead atoms. The lowest BCUT2D eigenvalue weighted by Crippen LogP contribution is -2.33. The second kappa shape index (κ2) is 20.9. The monoisotopic (exact) mass is 476 g/mol. The first-order chi connectivity index (χ1) is 16.2. The van der Waals surface area contributed by atoms with Gasteiger partial charge in [0.1, 0.15) is 5.75 Å². The summed E-state index contributed by atoms with van der Waals surface area (Å²) in [4.78, 5) is 12.1. The Morgan fingerprint density at radius 3 is 1.76 bits per heavy atom. The predicted octanol–water partition coefficient (Wildman–Crippen LogP) is 8.55. The van der Waals surface area contributed by atoms with Gasteiger partial charge in [0.2, 0.25) is 5.91 Å². The fourth-order valence-electron chi connectivity index (χ4n) is 3.83. The minimum Gasteiger partial charge on any atom is -0.494 e. The number of nitrogens with one attached hydrogen (secondary N) is 2. The Balaban J connectivity index is 2.04. The zero-order chi connectivity index (χ0) is 24.0. The second-order valence-corrected chi connectivity index (χ2v) is 9.48. The minimum absolute atomic E-state index is 0.00792. The highest BCUT2D eigenvalue weighted by molar-refractivity contribution is 7.80. The van der Waals surface area contributed by atoms with Crippen LogP contribution in [0.5, 0.6) is 5.75 Å². The Kier molecular flexibility index (Phi) is 18.7. The number of ether oxygens (including phenoxy) is 1. The molecule has 0 atom stereocenters. The summed E-state index contributed by atoms with van der Waals surface area (Å²) < 4.78 is 5.79. The van der Waals surface area contributed by atoms with Crippen LogP contribution in [-0.4, -0.2) is 17.6 Å². The van der Waals surface area contributed by atoms with Crippen LogP contribution in [-0.2, 0) is 4.79 Å². The van der Waals surface area contributed by atoms with E-state index in [0.717, 1.165) is 37.3 Å². The third kappa shape index (κ3) is 17.5. The zero-order valence-electron chi connectivity index (χ0n) is 21.3. The molecule has 0 fully saturated rings. The van der Waals surface area contributed by atoms with E-state index in [1.54, 1.807) is 0 Å². The molecule has 0 aliphatic rings. The van der Waals surface area contributed by atoms with Crippen molar-refractivity contribution in [3.8, 4) is 5.75 Å². The van der Waals surface area contributed by atoms with Gasteiger partial charge in [0.05, 0.1) is 6.61 Å². The predicted molar refractivity (Wildman–Crippen MR) is 146 cm³/mol. The molecule has 5 heteroatoms. The Hall–Kier alpha value is -1.62. The van der Waals surface area contributed by atoms with E-state index < -0.39 is 0 Å². The Bertz CT molecular complexity index is 619. The molecule has 0 saturated heterocycles. The number of anilines is 1. The van der Waals surface area contributed by atoms with Gasteiger partial charge >= 0.3 is 0 Å². The van der Waals surface area contributed by atoms with Gasteiger partial charge in [0, 0.05) is 12.1 Å². The normalized spacial score (nSPS) is 10.7. The molecule has 1 aromatic carbocycles. The van der Waals surface area contributed by atoms with Crippen LogP contribution in [0.1, 0.15) is 123 Å². The van der Waals surface area contributed by atoms with Crippen molar-refractivity contribution in [1.82, 2.24) is 5.32 Å². The van der Waals surface area contributed by atoms with Crippen LogP contribution in [0, 0.1) is 0 Å². The molecule has 1 amide bonds. The molecule has 188 valence electrons. The van der Waals surface area contributed by atoms with Gasteiger partial charge < -0.3 is 15.4 Å². The summed E-state index contributed by atoms with van der Waals surface area (Å²) in [5.74, 6) is 0.855. The van der Waals surface area contributed by atoms with Gasteiger partial charge in [-0.3, -0.25) is 4.79 Å². The maximum atomic E-state index is 12.1. The molecular weight excluding hydrogens is 428 g/mol. The van der Waals surface area contributed by atoms with Gasteiger partial charge in [0.15, 0.2) is 5.11 Å². The summed E-state index contributed by atoms with van der Waals surface area (Å²) in [6, 6.07) is 7.72. The van der Waals surface area contributed by atoms with E-state index in [-0.39, 0.29) is 5.91 Å². The van der Waals surface area contributed by atoms with Gasteiger partial charge in [-0.15, -0.1) is 0 Å². The molecule has 0 heterocycles. The van der Waals surface area contributed by atoms with Crippen molar-refractivity contribution in [2.45, 2.75) is 123 Å². The summed E-state index contributed by atoms with van der Waals surface area (Å²) in [7, 11) is 0. The summed E-state index contributed by atoms with van der Waals surface area (Å²) >= 11 is 5.28. The molecule has 0 spiro atoms. The quantitative estimate of drug-likeness (QED) is 0.146. The van der Waals surface area contributed by atoms with E-state index >= 15 is 0 Å². The first-order valence-electron chi connectivity index (χ1n) is 13.5. The van der Waals surface area contributed by atoms with Crippen LogP contribution >= 0.6 is 12.2 Å². The number of carbonyl (C=O) groups excluding carboxylic acids is 1. The van der Waals surface area contributed by atoms with Crippen molar-refractivity contribution >= 4 is 28.9 Å². The maximum Gasteiger partial charge on any atom is 0.226 e. The molecule has 1 rings (SSSR count). The van der Waals surface area contributed by atoms with Crippen molar-refractivity contribution in [3.05, 3.63) is 24.3 Å². The lowest BCUT2D eigenvalue weighted by atomic mass is 10.1. The van der Waals surface area contributed by atoms with Gasteiger partial charge in [-0.05, 0) is 49.3 Å². The second-order valence-electron chi connectivity index (χ2n) is 9.07. The number of hydrogen-bond acceptors (Lipinski definition) is 3. The number of hydrogen-bond donors (Lipinski definition) is 2. The third-order valence-corrected chi connectivity index (χ3v) is 6.09. The standard InChI is InChI=1S/C28H48N2O2S/c1-3-5-7-9-10-11-12-13-14-15-17-19-27(31)30-28(33)29-25-20-22-26(23-21-25)32-24-18-16-8-6-4-2/h20-23H,3-19,24H2,1-2H3,(H2,29,30,31,33). The number of carbonyl (C=O) groups is 1. The van der Waals surface area contributed by atoms with E-state index in [4.69, 9.17) is 17.0 Å².